The molecule has 3 rings (SSSR count). The van der Waals surface area contributed by atoms with Crippen LogP contribution in [0.5, 0.6) is 0 Å². The number of hydrogen-bond acceptors (Lipinski definition) is 3. The SMILES string of the molecule is OC(CCc1ccccn1)CC(O)(c1ccccc1)c1ccccc1. The second kappa shape index (κ2) is 8.06. The number of aliphatic hydroxyl groups excluding tert-OH is 1. The molecule has 0 amide bonds. The van der Waals surface area contributed by atoms with Gasteiger partial charge in [-0.05, 0) is 36.1 Å². The molecule has 0 spiro atoms. The summed E-state index contributed by atoms with van der Waals surface area (Å²) in [4.78, 5) is 4.29. The van der Waals surface area contributed by atoms with E-state index in [9.17, 15) is 10.2 Å². The molecule has 0 fully saturated rings. The van der Waals surface area contributed by atoms with Crippen LogP contribution >= 0.6 is 0 Å². The molecule has 0 radical (unpaired) electrons. The first-order valence-corrected chi connectivity index (χ1v) is 8.60. The van der Waals surface area contributed by atoms with Crippen LogP contribution in [0.3, 0.4) is 0 Å². The van der Waals surface area contributed by atoms with Gasteiger partial charge in [-0.1, -0.05) is 66.7 Å². The molecular formula is C22H23NO2. The molecular weight excluding hydrogens is 310 g/mol. The third kappa shape index (κ3) is 4.32. The van der Waals surface area contributed by atoms with E-state index in [0.29, 0.717) is 12.8 Å². The fourth-order valence-electron chi connectivity index (χ4n) is 3.13. The van der Waals surface area contributed by atoms with Crippen LogP contribution < -0.4 is 0 Å². The Morgan fingerprint density at radius 1 is 0.800 bits per heavy atom. The van der Waals surface area contributed by atoms with Crippen molar-refractivity contribution in [3.63, 3.8) is 0 Å². The van der Waals surface area contributed by atoms with Crippen LogP contribution in [0, 0.1) is 0 Å². The van der Waals surface area contributed by atoms with Gasteiger partial charge in [0.2, 0.25) is 0 Å². The van der Waals surface area contributed by atoms with Crippen molar-refractivity contribution in [1.82, 2.24) is 4.98 Å². The lowest BCUT2D eigenvalue weighted by Crippen LogP contribution is -2.32. The molecule has 1 heterocycles. The summed E-state index contributed by atoms with van der Waals surface area (Å²) in [5.74, 6) is 0. The molecule has 0 aliphatic rings. The van der Waals surface area contributed by atoms with Crippen molar-refractivity contribution >= 4 is 0 Å². The number of nitrogens with zero attached hydrogens (tertiary/aromatic N) is 1. The molecule has 0 aliphatic carbocycles. The monoisotopic (exact) mass is 333 g/mol. The van der Waals surface area contributed by atoms with Crippen LogP contribution in [-0.4, -0.2) is 21.3 Å². The molecule has 0 saturated heterocycles. The highest BCUT2D eigenvalue weighted by atomic mass is 16.3. The van der Waals surface area contributed by atoms with Gasteiger partial charge in [-0.3, -0.25) is 4.98 Å². The lowest BCUT2D eigenvalue weighted by molar-refractivity contribution is 0.0148. The van der Waals surface area contributed by atoms with Gasteiger partial charge >= 0.3 is 0 Å². The Hall–Kier alpha value is -2.49. The van der Waals surface area contributed by atoms with E-state index >= 15 is 0 Å². The molecule has 0 aliphatic heterocycles. The first kappa shape index (κ1) is 17.3. The first-order valence-electron chi connectivity index (χ1n) is 8.60. The lowest BCUT2D eigenvalue weighted by Gasteiger charge is -2.31. The van der Waals surface area contributed by atoms with Crippen molar-refractivity contribution in [3.05, 3.63) is 102 Å². The van der Waals surface area contributed by atoms with Crippen molar-refractivity contribution < 1.29 is 10.2 Å². The minimum atomic E-state index is -1.22. The summed E-state index contributed by atoms with van der Waals surface area (Å²) in [6.07, 6.45) is 2.60. The Balaban J connectivity index is 1.78. The van der Waals surface area contributed by atoms with Crippen molar-refractivity contribution in [2.75, 3.05) is 0 Å². The third-order valence-electron chi connectivity index (χ3n) is 4.49. The number of aryl methyl sites for hydroxylation is 1. The second-order valence-corrected chi connectivity index (χ2v) is 6.31. The van der Waals surface area contributed by atoms with Crippen LogP contribution in [-0.2, 0) is 12.0 Å². The van der Waals surface area contributed by atoms with Crippen LogP contribution in [0.4, 0.5) is 0 Å². The highest BCUT2D eigenvalue weighted by Crippen LogP contribution is 2.34. The third-order valence-corrected chi connectivity index (χ3v) is 4.49. The van der Waals surface area contributed by atoms with Gasteiger partial charge < -0.3 is 10.2 Å². The average molecular weight is 333 g/mol. The number of benzene rings is 2. The predicted octanol–water partition coefficient (Wildman–Crippen LogP) is 3.70. The maximum Gasteiger partial charge on any atom is 0.117 e. The van der Waals surface area contributed by atoms with Crippen LogP contribution in [0.1, 0.15) is 29.7 Å². The quantitative estimate of drug-likeness (QED) is 0.693. The molecule has 2 N–H and O–H groups in total. The molecule has 1 atom stereocenters. The maximum absolute atomic E-state index is 11.4. The van der Waals surface area contributed by atoms with E-state index < -0.39 is 11.7 Å². The van der Waals surface area contributed by atoms with Crippen molar-refractivity contribution in [2.45, 2.75) is 31.0 Å². The molecule has 1 aromatic heterocycles. The normalized spacial score (nSPS) is 12.7. The van der Waals surface area contributed by atoms with Gasteiger partial charge in [0.25, 0.3) is 0 Å². The summed E-state index contributed by atoms with van der Waals surface area (Å²) in [6.45, 7) is 0. The summed E-state index contributed by atoms with van der Waals surface area (Å²) < 4.78 is 0. The van der Waals surface area contributed by atoms with Crippen molar-refractivity contribution in [2.24, 2.45) is 0 Å². The molecule has 25 heavy (non-hydrogen) atoms. The summed E-state index contributed by atoms with van der Waals surface area (Å²) >= 11 is 0. The Labute approximate surface area is 148 Å². The van der Waals surface area contributed by atoms with Gasteiger partial charge in [0, 0.05) is 18.3 Å². The zero-order valence-electron chi connectivity index (χ0n) is 14.1. The molecule has 1 unspecified atom stereocenters. The van der Waals surface area contributed by atoms with Crippen LogP contribution in [0.2, 0.25) is 0 Å². The van der Waals surface area contributed by atoms with E-state index in [2.05, 4.69) is 4.98 Å². The maximum atomic E-state index is 11.4. The summed E-state index contributed by atoms with van der Waals surface area (Å²) in [5.41, 5.74) is 1.31. The Bertz CT molecular complexity index is 720. The number of rotatable bonds is 7. The van der Waals surface area contributed by atoms with Gasteiger partial charge in [0.15, 0.2) is 0 Å². The smallest absolute Gasteiger partial charge is 0.117 e. The number of hydrogen-bond donors (Lipinski definition) is 2. The highest BCUT2D eigenvalue weighted by Gasteiger charge is 2.33. The van der Waals surface area contributed by atoms with Gasteiger partial charge in [0.05, 0.1) is 6.10 Å². The number of aliphatic hydroxyl groups is 2. The first-order chi connectivity index (χ1) is 12.2. The fraction of sp³-hybridized carbons (Fsp3) is 0.227. The summed E-state index contributed by atoms with van der Waals surface area (Å²) in [7, 11) is 0. The van der Waals surface area contributed by atoms with Crippen molar-refractivity contribution in [3.8, 4) is 0 Å². The lowest BCUT2D eigenvalue weighted by atomic mass is 9.81. The second-order valence-electron chi connectivity index (χ2n) is 6.31. The zero-order valence-corrected chi connectivity index (χ0v) is 14.1. The molecule has 3 nitrogen and oxygen atoms in total. The number of pyridine rings is 1. The minimum absolute atomic E-state index is 0.244. The topological polar surface area (TPSA) is 53.4 Å². The molecule has 128 valence electrons. The van der Waals surface area contributed by atoms with E-state index in [1.807, 2.05) is 78.9 Å². The van der Waals surface area contributed by atoms with Crippen molar-refractivity contribution in [1.29, 1.82) is 0 Å². The summed E-state index contributed by atoms with van der Waals surface area (Å²) in [5, 5.41) is 22.0. The molecule has 0 saturated carbocycles. The van der Waals surface area contributed by atoms with E-state index in [1.165, 1.54) is 0 Å². The Morgan fingerprint density at radius 3 is 1.88 bits per heavy atom. The van der Waals surface area contributed by atoms with Crippen LogP contribution in [0.15, 0.2) is 85.1 Å². The zero-order chi connectivity index (χ0) is 17.5. The van der Waals surface area contributed by atoms with Gasteiger partial charge in [0.1, 0.15) is 5.60 Å². The highest BCUT2D eigenvalue weighted by molar-refractivity contribution is 5.36. The Morgan fingerprint density at radius 2 is 1.36 bits per heavy atom. The fourth-order valence-corrected chi connectivity index (χ4v) is 3.13. The Kier molecular flexibility index (Phi) is 5.59. The molecule has 2 aromatic carbocycles. The van der Waals surface area contributed by atoms with E-state index in [1.54, 1.807) is 6.20 Å². The molecule has 0 bridgehead atoms. The minimum Gasteiger partial charge on any atom is -0.393 e. The predicted molar refractivity (Wildman–Crippen MR) is 99.1 cm³/mol. The van der Waals surface area contributed by atoms with Gasteiger partial charge in [-0.2, -0.15) is 0 Å². The average Bonchev–Trinajstić information content (AvgIpc) is 2.68. The largest absolute Gasteiger partial charge is 0.393 e. The summed E-state index contributed by atoms with van der Waals surface area (Å²) in [6, 6.07) is 24.8. The van der Waals surface area contributed by atoms with E-state index in [0.717, 1.165) is 16.8 Å². The van der Waals surface area contributed by atoms with Gasteiger partial charge in [-0.15, -0.1) is 0 Å². The number of aromatic nitrogens is 1. The molecule has 3 heteroatoms. The van der Waals surface area contributed by atoms with E-state index in [-0.39, 0.29) is 6.42 Å². The van der Waals surface area contributed by atoms with E-state index in [4.69, 9.17) is 0 Å². The van der Waals surface area contributed by atoms with Gasteiger partial charge in [-0.25, -0.2) is 0 Å². The molecule has 3 aromatic rings. The standard InChI is InChI=1S/C22H23NO2/c24-21(15-14-20-13-7-8-16-23-20)17-22(25,18-9-3-1-4-10-18)19-11-5-2-6-12-19/h1-13,16,21,24-25H,14-15,17H2. The van der Waals surface area contributed by atoms with Crippen LogP contribution in [0.25, 0.3) is 0 Å².